The smallest absolute Gasteiger partial charge is 0.204 e. The van der Waals surface area contributed by atoms with Gasteiger partial charge in [-0.25, -0.2) is 0 Å². The predicted molar refractivity (Wildman–Crippen MR) is 70.4 cm³/mol. The minimum atomic E-state index is 0.390. The van der Waals surface area contributed by atoms with Gasteiger partial charge in [0.05, 0.1) is 4.99 Å². The van der Waals surface area contributed by atoms with Crippen LogP contribution in [0.4, 0.5) is 0 Å². The monoisotopic (exact) mass is 224 g/mol. The van der Waals surface area contributed by atoms with E-state index < -0.39 is 0 Å². The van der Waals surface area contributed by atoms with Crippen LogP contribution in [0.3, 0.4) is 0 Å². The summed E-state index contributed by atoms with van der Waals surface area (Å²) < 4.78 is 0. The Hall–Kier alpha value is -0.0851. The molecule has 2 N–H and O–H groups in total. The van der Waals surface area contributed by atoms with Gasteiger partial charge < -0.3 is 10.5 Å². The second-order valence-corrected chi connectivity index (χ2v) is 6.10. The molecule has 4 heteroatoms. The van der Waals surface area contributed by atoms with E-state index in [-0.39, 0.29) is 0 Å². The Morgan fingerprint density at radius 3 is 2.93 bits per heavy atom. The van der Waals surface area contributed by atoms with Crippen molar-refractivity contribution in [1.29, 1.82) is 0 Å². The molecule has 2 aliphatic rings. The van der Waals surface area contributed by atoms with Gasteiger partial charge in [-0.15, -0.1) is 0 Å². The molecule has 0 amide bonds. The number of fused-ring (bicyclic) bond motifs is 1. The number of rotatable bonds is 1. The molecule has 2 rings (SSSR count). The van der Waals surface area contributed by atoms with Crippen molar-refractivity contribution in [3.63, 3.8) is 0 Å². The molecule has 15 heavy (non-hydrogen) atoms. The topological polar surface area (TPSA) is 29.3 Å². The predicted octanol–water partition coefficient (Wildman–Crippen LogP) is 1.70. The largest absolute Gasteiger partial charge is 0.372 e. The highest BCUT2D eigenvalue weighted by Crippen LogP contribution is 2.47. The van der Waals surface area contributed by atoms with Crippen molar-refractivity contribution in [3.8, 4) is 0 Å². The summed E-state index contributed by atoms with van der Waals surface area (Å²) in [5, 5.41) is 0.390. The van der Waals surface area contributed by atoms with Gasteiger partial charge >= 0.3 is 0 Å². The van der Waals surface area contributed by atoms with E-state index in [4.69, 9.17) is 17.9 Å². The summed E-state index contributed by atoms with van der Waals surface area (Å²) >= 11 is 5.38. The Bertz CT molecular complexity index is 271. The van der Waals surface area contributed by atoms with Gasteiger partial charge in [-0.05, 0) is 36.9 Å². The molecule has 3 atom stereocenters. The Kier molecular flexibility index (Phi) is 3.08. The molecule has 0 aromatic carbocycles. The van der Waals surface area contributed by atoms with E-state index in [0.717, 1.165) is 24.7 Å². The van der Waals surface area contributed by atoms with Crippen molar-refractivity contribution in [2.24, 2.45) is 11.6 Å². The molecule has 2 fully saturated rings. The zero-order valence-electron chi connectivity index (χ0n) is 9.83. The van der Waals surface area contributed by atoms with Crippen LogP contribution in [-0.4, -0.2) is 30.4 Å². The van der Waals surface area contributed by atoms with Gasteiger partial charge in [0.25, 0.3) is 0 Å². The molecule has 2 nitrogen and oxygen atoms in total. The van der Waals surface area contributed by atoms with E-state index >= 15 is 0 Å². The van der Waals surface area contributed by atoms with E-state index in [0.29, 0.717) is 11.4 Å². The number of thiocarbonyl (C=S) groups is 1. The molecule has 1 aliphatic heterocycles. The third-order valence-corrected chi connectivity index (χ3v) is 4.95. The lowest BCUT2D eigenvalue weighted by molar-refractivity contribution is 0.139. The summed E-state index contributed by atoms with van der Waals surface area (Å²) in [6.45, 7) is 2.34. The van der Waals surface area contributed by atoms with Crippen molar-refractivity contribution in [1.82, 2.24) is 4.90 Å². The number of likely N-dealkylation sites (tertiary alicyclic amines) is 1. The third-order valence-electron chi connectivity index (χ3n) is 4.46. The minimum Gasteiger partial charge on any atom is -0.372 e. The van der Waals surface area contributed by atoms with Crippen LogP contribution >= 0.6 is 12.2 Å². The maximum atomic E-state index is 5.88. The summed E-state index contributed by atoms with van der Waals surface area (Å²) in [6, 6.07) is 0.700. The minimum absolute atomic E-state index is 0.390. The standard InChI is InChI=1S/C11H21BN2S/c1-11(12-13)6-5-9-8(7-11)3-4-10(15)14(9)2/h8-9,12H,3-7,13H2,1-2H3. The Morgan fingerprint density at radius 2 is 2.27 bits per heavy atom. The van der Waals surface area contributed by atoms with Gasteiger partial charge in [0.15, 0.2) is 0 Å². The van der Waals surface area contributed by atoms with Crippen molar-refractivity contribution < 1.29 is 0 Å². The van der Waals surface area contributed by atoms with Crippen LogP contribution in [-0.2, 0) is 0 Å². The number of hydrogen-bond donors (Lipinski definition) is 1. The van der Waals surface area contributed by atoms with Crippen molar-refractivity contribution in [3.05, 3.63) is 0 Å². The molecule has 0 bridgehead atoms. The maximum Gasteiger partial charge on any atom is 0.204 e. The van der Waals surface area contributed by atoms with Gasteiger partial charge in [-0.3, -0.25) is 0 Å². The number of nitrogens with zero attached hydrogens (tertiary/aromatic N) is 1. The van der Waals surface area contributed by atoms with Crippen LogP contribution in [0.15, 0.2) is 0 Å². The fraction of sp³-hybridized carbons (Fsp3) is 0.909. The number of hydrogen-bond acceptors (Lipinski definition) is 2. The third kappa shape index (κ3) is 2.07. The maximum absolute atomic E-state index is 5.88. The van der Waals surface area contributed by atoms with E-state index in [9.17, 15) is 0 Å². The SMILES string of the molecule is CN1C(=S)CCC2CC(C)(BN)CCC21. The molecule has 0 aromatic rings. The van der Waals surface area contributed by atoms with Crippen LogP contribution in [0.1, 0.15) is 39.0 Å². The van der Waals surface area contributed by atoms with Gasteiger partial charge in [0, 0.05) is 13.1 Å². The highest BCUT2D eigenvalue weighted by molar-refractivity contribution is 7.80. The molecule has 1 aliphatic carbocycles. The van der Waals surface area contributed by atoms with Crippen LogP contribution in [0.5, 0.6) is 0 Å². The molecule has 1 saturated carbocycles. The molecule has 3 unspecified atom stereocenters. The summed E-state index contributed by atoms with van der Waals surface area (Å²) in [5.74, 6) is 0.823. The van der Waals surface area contributed by atoms with Gasteiger partial charge in [0.2, 0.25) is 7.41 Å². The lowest BCUT2D eigenvalue weighted by atomic mass is 9.52. The molecule has 0 aromatic heterocycles. The first-order valence-corrected chi connectivity index (χ1v) is 6.42. The van der Waals surface area contributed by atoms with E-state index in [1.807, 2.05) is 0 Å². The van der Waals surface area contributed by atoms with Crippen LogP contribution in [0.25, 0.3) is 0 Å². The highest BCUT2D eigenvalue weighted by Gasteiger charge is 2.41. The lowest BCUT2D eigenvalue weighted by Gasteiger charge is -2.49. The molecule has 1 saturated heterocycles. The second-order valence-electron chi connectivity index (χ2n) is 5.63. The fourth-order valence-corrected chi connectivity index (χ4v) is 3.52. The number of nitrogens with two attached hydrogens (primary N) is 1. The zero-order chi connectivity index (χ0) is 11.1. The van der Waals surface area contributed by atoms with Gasteiger partial charge in [0.1, 0.15) is 0 Å². The van der Waals surface area contributed by atoms with Crippen LogP contribution in [0.2, 0.25) is 5.31 Å². The molecule has 0 spiro atoms. The molecular weight excluding hydrogens is 203 g/mol. The van der Waals surface area contributed by atoms with E-state index in [1.54, 1.807) is 0 Å². The molecule has 84 valence electrons. The van der Waals surface area contributed by atoms with Crippen molar-refractivity contribution in [2.75, 3.05) is 7.05 Å². The lowest BCUT2D eigenvalue weighted by Crippen LogP contribution is -2.50. The molecule has 1 heterocycles. The Labute approximate surface area is 98.8 Å². The highest BCUT2D eigenvalue weighted by atomic mass is 32.1. The van der Waals surface area contributed by atoms with Crippen molar-refractivity contribution in [2.45, 2.75) is 50.4 Å². The second kappa shape index (κ2) is 4.06. The van der Waals surface area contributed by atoms with Crippen molar-refractivity contribution >= 4 is 24.6 Å². The van der Waals surface area contributed by atoms with Crippen LogP contribution in [0, 0.1) is 5.92 Å². The summed E-state index contributed by atoms with van der Waals surface area (Å²) in [6.07, 6.45) is 6.21. The Balaban J connectivity index is 2.08. The number of piperidine rings is 1. The summed E-state index contributed by atoms with van der Waals surface area (Å²) in [5.41, 5.74) is 5.88. The average Bonchev–Trinajstić information content (AvgIpc) is 2.24. The van der Waals surface area contributed by atoms with Crippen LogP contribution < -0.4 is 5.64 Å². The fourth-order valence-electron chi connectivity index (χ4n) is 3.26. The molecule has 0 radical (unpaired) electrons. The Morgan fingerprint density at radius 1 is 1.53 bits per heavy atom. The first kappa shape index (κ1) is 11.4. The molecular formula is C11H21BN2S. The van der Waals surface area contributed by atoms with Gasteiger partial charge in [-0.2, -0.15) is 0 Å². The van der Waals surface area contributed by atoms with E-state index in [2.05, 4.69) is 18.9 Å². The normalized spacial score (nSPS) is 41.3. The first-order chi connectivity index (χ1) is 7.06. The van der Waals surface area contributed by atoms with Gasteiger partial charge in [-0.1, -0.05) is 25.6 Å². The first-order valence-electron chi connectivity index (χ1n) is 6.01. The average molecular weight is 224 g/mol. The summed E-state index contributed by atoms with van der Waals surface area (Å²) in [4.78, 5) is 3.51. The van der Waals surface area contributed by atoms with E-state index in [1.165, 1.54) is 25.7 Å². The zero-order valence-corrected chi connectivity index (χ0v) is 10.6. The summed E-state index contributed by atoms with van der Waals surface area (Å²) in [7, 11) is 3.01. The quantitative estimate of drug-likeness (QED) is 0.543.